The summed E-state index contributed by atoms with van der Waals surface area (Å²) in [6.45, 7) is 1.00. The first-order valence-corrected chi connectivity index (χ1v) is 5.69. The summed E-state index contributed by atoms with van der Waals surface area (Å²) in [5.41, 5.74) is 2.61. The molecule has 72 valence electrons. The highest BCUT2D eigenvalue weighted by atomic mass is 32.1. The third kappa shape index (κ3) is 2.60. The van der Waals surface area contributed by atoms with Crippen LogP contribution in [0.1, 0.15) is 5.56 Å². The first-order valence-electron chi connectivity index (χ1n) is 4.75. The number of anilines is 1. The largest absolute Gasteiger partial charge is 0.384 e. The van der Waals surface area contributed by atoms with Crippen molar-refractivity contribution >= 4 is 17.0 Å². The van der Waals surface area contributed by atoms with Gasteiger partial charge in [0.15, 0.2) is 0 Å². The zero-order valence-corrected chi connectivity index (χ0v) is 8.76. The summed E-state index contributed by atoms with van der Waals surface area (Å²) in [4.78, 5) is 0. The number of rotatable bonds is 4. The van der Waals surface area contributed by atoms with Crippen LogP contribution in [0, 0.1) is 0 Å². The molecule has 1 aromatic heterocycles. The van der Waals surface area contributed by atoms with Crippen LogP contribution >= 0.6 is 11.3 Å². The van der Waals surface area contributed by atoms with Crippen molar-refractivity contribution in [2.45, 2.75) is 6.42 Å². The van der Waals surface area contributed by atoms with Gasteiger partial charge in [0.25, 0.3) is 0 Å². The van der Waals surface area contributed by atoms with Crippen LogP contribution < -0.4 is 5.32 Å². The van der Waals surface area contributed by atoms with E-state index in [4.69, 9.17) is 0 Å². The molecular formula is C12H13NS. The number of nitrogens with one attached hydrogen (secondary N) is 1. The highest BCUT2D eigenvalue weighted by Gasteiger charge is 1.92. The smallest absolute Gasteiger partial charge is 0.0448 e. The van der Waals surface area contributed by atoms with E-state index in [9.17, 15) is 0 Å². The SMILES string of the molecule is c1ccc(CCNc2ccsc2)cc1. The molecule has 0 fully saturated rings. The number of hydrogen-bond acceptors (Lipinski definition) is 2. The molecule has 1 aromatic carbocycles. The Balaban J connectivity index is 1.79. The maximum Gasteiger partial charge on any atom is 0.0448 e. The molecule has 2 aromatic rings. The lowest BCUT2D eigenvalue weighted by Crippen LogP contribution is -2.03. The maximum atomic E-state index is 3.38. The summed E-state index contributed by atoms with van der Waals surface area (Å²) < 4.78 is 0. The standard InChI is InChI=1S/C12H13NS/c1-2-4-11(5-3-1)6-8-13-12-7-9-14-10-12/h1-5,7,9-10,13H,6,8H2. The van der Waals surface area contributed by atoms with Crippen molar-refractivity contribution in [1.82, 2.24) is 0 Å². The fourth-order valence-electron chi connectivity index (χ4n) is 1.36. The first kappa shape index (κ1) is 9.28. The van der Waals surface area contributed by atoms with Crippen LogP contribution in [0.15, 0.2) is 47.2 Å². The molecule has 0 bridgehead atoms. The van der Waals surface area contributed by atoms with Crippen LogP contribution in [0.5, 0.6) is 0 Å². The van der Waals surface area contributed by atoms with Gasteiger partial charge in [-0.3, -0.25) is 0 Å². The molecule has 2 heteroatoms. The molecule has 1 heterocycles. The quantitative estimate of drug-likeness (QED) is 0.803. The summed E-state index contributed by atoms with van der Waals surface area (Å²) in [5.74, 6) is 0. The molecular weight excluding hydrogens is 190 g/mol. The lowest BCUT2D eigenvalue weighted by molar-refractivity contribution is 1.02. The molecule has 0 aliphatic carbocycles. The minimum absolute atomic E-state index is 1.00. The Labute approximate surface area is 88.4 Å². The molecule has 1 N–H and O–H groups in total. The number of thiophene rings is 1. The van der Waals surface area contributed by atoms with E-state index in [1.165, 1.54) is 11.3 Å². The van der Waals surface area contributed by atoms with E-state index in [1.54, 1.807) is 11.3 Å². The van der Waals surface area contributed by atoms with Gasteiger partial charge in [-0.2, -0.15) is 11.3 Å². The average molecular weight is 203 g/mol. The van der Waals surface area contributed by atoms with E-state index in [1.807, 2.05) is 0 Å². The molecule has 0 radical (unpaired) electrons. The van der Waals surface area contributed by atoms with Crippen LogP contribution in [0.4, 0.5) is 5.69 Å². The van der Waals surface area contributed by atoms with Gasteiger partial charge in [-0.15, -0.1) is 0 Å². The second kappa shape index (κ2) is 4.82. The zero-order chi connectivity index (χ0) is 9.64. The Kier molecular flexibility index (Phi) is 3.19. The normalized spacial score (nSPS) is 10.0. The number of hydrogen-bond donors (Lipinski definition) is 1. The lowest BCUT2D eigenvalue weighted by Gasteiger charge is -2.03. The van der Waals surface area contributed by atoms with Gasteiger partial charge < -0.3 is 5.32 Å². The highest BCUT2D eigenvalue weighted by molar-refractivity contribution is 7.08. The van der Waals surface area contributed by atoms with E-state index < -0.39 is 0 Å². The van der Waals surface area contributed by atoms with E-state index in [-0.39, 0.29) is 0 Å². The third-order valence-corrected chi connectivity index (χ3v) is 2.79. The third-order valence-electron chi connectivity index (χ3n) is 2.11. The molecule has 1 nitrogen and oxygen atoms in total. The first-order chi connectivity index (χ1) is 6.95. The molecule has 14 heavy (non-hydrogen) atoms. The number of benzene rings is 1. The molecule has 0 saturated carbocycles. The maximum absolute atomic E-state index is 3.38. The van der Waals surface area contributed by atoms with Gasteiger partial charge in [-0.05, 0) is 23.4 Å². The van der Waals surface area contributed by atoms with Crippen LogP contribution in [-0.4, -0.2) is 6.54 Å². The van der Waals surface area contributed by atoms with Crippen LogP contribution in [0.3, 0.4) is 0 Å². The summed E-state index contributed by atoms with van der Waals surface area (Å²) >= 11 is 1.72. The highest BCUT2D eigenvalue weighted by Crippen LogP contribution is 2.11. The Morgan fingerprint density at radius 2 is 1.93 bits per heavy atom. The van der Waals surface area contributed by atoms with E-state index in [0.717, 1.165) is 13.0 Å². The topological polar surface area (TPSA) is 12.0 Å². The molecule has 0 atom stereocenters. The van der Waals surface area contributed by atoms with E-state index in [2.05, 4.69) is 52.5 Å². The van der Waals surface area contributed by atoms with Gasteiger partial charge in [0.05, 0.1) is 0 Å². The minimum atomic E-state index is 1.00. The van der Waals surface area contributed by atoms with Crippen molar-refractivity contribution in [3.63, 3.8) is 0 Å². The Bertz CT molecular complexity index is 353. The van der Waals surface area contributed by atoms with Crippen LogP contribution in [-0.2, 0) is 6.42 Å². The average Bonchev–Trinajstić information content (AvgIpc) is 2.72. The Morgan fingerprint density at radius 1 is 1.07 bits per heavy atom. The molecule has 0 aliphatic rings. The van der Waals surface area contributed by atoms with Gasteiger partial charge in [-0.25, -0.2) is 0 Å². The fraction of sp³-hybridized carbons (Fsp3) is 0.167. The van der Waals surface area contributed by atoms with Crippen molar-refractivity contribution < 1.29 is 0 Å². The Morgan fingerprint density at radius 3 is 2.64 bits per heavy atom. The molecule has 0 unspecified atom stereocenters. The Hall–Kier alpha value is -1.28. The summed E-state index contributed by atoms with van der Waals surface area (Å²) in [6.07, 6.45) is 1.08. The predicted molar refractivity (Wildman–Crippen MR) is 63.0 cm³/mol. The van der Waals surface area contributed by atoms with Gasteiger partial charge in [0.2, 0.25) is 0 Å². The molecule has 0 amide bonds. The van der Waals surface area contributed by atoms with Crippen molar-refractivity contribution in [1.29, 1.82) is 0 Å². The molecule has 2 rings (SSSR count). The van der Waals surface area contributed by atoms with Crippen molar-refractivity contribution in [3.05, 3.63) is 52.7 Å². The summed E-state index contributed by atoms with van der Waals surface area (Å²) in [6, 6.07) is 12.6. The molecule has 0 saturated heterocycles. The van der Waals surface area contributed by atoms with Gasteiger partial charge >= 0.3 is 0 Å². The van der Waals surface area contributed by atoms with Crippen molar-refractivity contribution in [3.8, 4) is 0 Å². The summed E-state index contributed by atoms with van der Waals surface area (Å²) in [7, 11) is 0. The fourth-order valence-corrected chi connectivity index (χ4v) is 1.97. The van der Waals surface area contributed by atoms with E-state index in [0.29, 0.717) is 0 Å². The zero-order valence-electron chi connectivity index (χ0n) is 7.94. The van der Waals surface area contributed by atoms with Crippen molar-refractivity contribution in [2.75, 3.05) is 11.9 Å². The van der Waals surface area contributed by atoms with Gasteiger partial charge in [-0.1, -0.05) is 30.3 Å². The van der Waals surface area contributed by atoms with Crippen LogP contribution in [0.25, 0.3) is 0 Å². The van der Waals surface area contributed by atoms with Gasteiger partial charge in [0.1, 0.15) is 0 Å². The van der Waals surface area contributed by atoms with Crippen molar-refractivity contribution in [2.24, 2.45) is 0 Å². The lowest BCUT2D eigenvalue weighted by atomic mass is 10.1. The van der Waals surface area contributed by atoms with E-state index >= 15 is 0 Å². The molecule has 0 aliphatic heterocycles. The second-order valence-corrected chi connectivity index (χ2v) is 3.95. The second-order valence-electron chi connectivity index (χ2n) is 3.17. The molecule has 0 spiro atoms. The predicted octanol–water partition coefficient (Wildman–Crippen LogP) is 3.40. The minimum Gasteiger partial charge on any atom is -0.384 e. The van der Waals surface area contributed by atoms with Crippen LogP contribution in [0.2, 0.25) is 0 Å². The monoisotopic (exact) mass is 203 g/mol. The van der Waals surface area contributed by atoms with Gasteiger partial charge in [0, 0.05) is 17.6 Å². The summed E-state index contributed by atoms with van der Waals surface area (Å²) in [5, 5.41) is 7.60.